The molecule has 1 aromatic rings. The van der Waals surface area contributed by atoms with Crippen LogP contribution in [-0.4, -0.2) is 12.4 Å². The molecule has 1 unspecified atom stereocenters. The molecule has 0 amide bonds. The molecule has 1 aromatic carbocycles. The summed E-state index contributed by atoms with van der Waals surface area (Å²) in [4.78, 5) is 0. The number of hydrogen-bond acceptors (Lipinski definition) is 1. The van der Waals surface area contributed by atoms with E-state index in [1.807, 2.05) is 0 Å². The molecule has 0 spiro atoms. The molecule has 0 bridgehead atoms. The van der Waals surface area contributed by atoms with Gasteiger partial charge in [0.1, 0.15) is 0 Å². The number of nitrogens with one attached hydrogen (secondary N) is 1. The second-order valence-corrected chi connectivity index (χ2v) is 8.59. The lowest BCUT2D eigenvalue weighted by Crippen LogP contribution is -2.50. The standard InChI is InChI=1S/C20H17BrClF6N/c1-18(19(23,24)25,20(26,27)28)17-14-8-5-12(21)10-16(14)29-15(17)9-4-11-2-6-13(22)7-3-11/h2-3,5-7,10,14,29H,4,8-9H2,1H3. The second-order valence-electron chi connectivity index (χ2n) is 7.24. The number of benzene rings is 1. The van der Waals surface area contributed by atoms with Gasteiger partial charge in [-0.25, -0.2) is 0 Å². The number of aryl methyl sites for hydroxylation is 1. The van der Waals surface area contributed by atoms with Crippen molar-refractivity contribution in [1.82, 2.24) is 5.32 Å². The normalized spacial score (nSPS) is 20.2. The molecule has 0 saturated heterocycles. The molecule has 9 heteroatoms. The van der Waals surface area contributed by atoms with Crippen molar-refractivity contribution < 1.29 is 26.3 Å². The van der Waals surface area contributed by atoms with Gasteiger partial charge < -0.3 is 5.32 Å². The first-order valence-corrected chi connectivity index (χ1v) is 9.97. The van der Waals surface area contributed by atoms with Crippen LogP contribution in [0, 0.1) is 11.3 Å². The number of alkyl halides is 6. The highest BCUT2D eigenvalue weighted by atomic mass is 79.9. The van der Waals surface area contributed by atoms with Gasteiger partial charge in [-0.15, -0.1) is 0 Å². The Morgan fingerprint density at radius 1 is 1.03 bits per heavy atom. The minimum Gasteiger partial charge on any atom is -0.362 e. The molecule has 3 rings (SSSR count). The van der Waals surface area contributed by atoms with Crippen LogP contribution in [-0.2, 0) is 6.42 Å². The van der Waals surface area contributed by atoms with Crippen LogP contribution >= 0.6 is 27.5 Å². The maximum atomic E-state index is 13.8. The van der Waals surface area contributed by atoms with Gasteiger partial charge in [-0.05, 0) is 55.5 Å². The summed E-state index contributed by atoms with van der Waals surface area (Å²) in [6.45, 7) is 0.239. The SMILES string of the molecule is CC(C1=C(CCc2ccc(Cl)cc2)NC2=CC(Br)=CCC21)(C(F)(F)F)C(F)(F)F. The van der Waals surface area contributed by atoms with Crippen molar-refractivity contribution >= 4 is 27.5 Å². The minimum absolute atomic E-state index is 0.0180. The summed E-state index contributed by atoms with van der Waals surface area (Å²) >= 11 is 9.08. The van der Waals surface area contributed by atoms with Crippen molar-refractivity contribution in [3.8, 4) is 0 Å². The number of rotatable bonds is 4. The van der Waals surface area contributed by atoms with E-state index in [9.17, 15) is 26.3 Å². The first kappa shape index (κ1) is 22.3. The molecule has 1 heterocycles. The quantitative estimate of drug-likeness (QED) is 0.424. The zero-order chi connectivity index (χ0) is 21.6. The molecule has 2 aliphatic rings. The van der Waals surface area contributed by atoms with Crippen molar-refractivity contribution in [1.29, 1.82) is 0 Å². The minimum atomic E-state index is -5.48. The van der Waals surface area contributed by atoms with Crippen LogP contribution in [0.25, 0.3) is 0 Å². The summed E-state index contributed by atoms with van der Waals surface area (Å²) in [5, 5.41) is 3.35. The van der Waals surface area contributed by atoms with Crippen LogP contribution < -0.4 is 5.32 Å². The summed E-state index contributed by atoms with van der Waals surface area (Å²) in [6.07, 6.45) is -7.49. The molecule has 1 aliphatic carbocycles. The van der Waals surface area contributed by atoms with Crippen LogP contribution in [0.5, 0.6) is 0 Å². The van der Waals surface area contributed by atoms with Crippen molar-refractivity contribution in [2.45, 2.75) is 38.5 Å². The fraction of sp³-hybridized carbons (Fsp3) is 0.400. The van der Waals surface area contributed by atoms with E-state index in [-0.39, 0.29) is 31.9 Å². The molecule has 1 atom stereocenters. The zero-order valence-corrected chi connectivity index (χ0v) is 17.5. The number of halogens is 8. The van der Waals surface area contributed by atoms with Gasteiger partial charge in [-0.3, -0.25) is 0 Å². The molecule has 1 N–H and O–H groups in total. The Kier molecular flexibility index (Phi) is 5.91. The van der Waals surface area contributed by atoms with E-state index in [0.29, 0.717) is 15.2 Å². The van der Waals surface area contributed by atoms with Gasteiger partial charge in [0.15, 0.2) is 5.41 Å². The highest BCUT2D eigenvalue weighted by Gasteiger charge is 2.71. The van der Waals surface area contributed by atoms with E-state index in [2.05, 4.69) is 21.2 Å². The smallest absolute Gasteiger partial charge is 0.362 e. The number of allylic oxidation sites excluding steroid dienone is 5. The molecule has 158 valence electrons. The average Bonchev–Trinajstić information content (AvgIpc) is 2.96. The number of hydrogen-bond donors (Lipinski definition) is 1. The Bertz CT molecular complexity index is 866. The lowest BCUT2D eigenvalue weighted by Gasteiger charge is -2.38. The fourth-order valence-corrected chi connectivity index (χ4v) is 4.31. The summed E-state index contributed by atoms with van der Waals surface area (Å²) in [7, 11) is 0. The Morgan fingerprint density at radius 3 is 2.17 bits per heavy atom. The predicted molar refractivity (Wildman–Crippen MR) is 103 cm³/mol. The first-order valence-electron chi connectivity index (χ1n) is 8.80. The summed E-state index contributed by atoms with van der Waals surface area (Å²) in [6, 6.07) is 6.67. The Labute approximate surface area is 177 Å². The molecule has 0 aromatic heterocycles. The predicted octanol–water partition coefficient (Wildman–Crippen LogP) is 7.44. The molecular formula is C20H17BrClF6N. The van der Waals surface area contributed by atoms with Gasteiger partial charge >= 0.3 is 12.4 Å². The zero-order valence-electron chi connectivity index (χ0n) is 15.2. The molecule has 0 fully saturated rings. The van der Waals surface area contributed by atoms with E-state index in [4.69, 9.17) is 11.6 Å². The van der Waals surface area contributed by atoms with Crippen LogP contribution in [0.4, 0.5) is 26.3 Å². The topological polar surface area (TPSA) is 12.0 Å². The number of fused-ring (bicyclic) bond motifs is 1. The van der Waals surface area contributed by atoms with Crippen LogP contribution in [0.2, 0.25) is 5.02 Å². The van der Waals surface area contributed by atoms with E-state index >= 15 is 0 Å². The first-order chi connectivity index (χ1) is 13.3. The van der Waals surface area contributed by atoms with Crippen molar-refractivity contribution in [2.75, 3.05) is 0 Å². The van der Waals surface area contributed by atoms with E-state index in [1.165, 1.54) is 6.08 Å². The van der Waals surface area contributed by atoms with Crippen molar-refractivity contribution in [2.24, 2.45) is 11.3 Å². The van der Waals surface area contributed by atoms with Gasteiger partial charge in [-0.1, -0.05) is 45.7 Å². The monoisotopic (exact) mass is 499 g/mol. The van der Waals surface area contributed by atoms with Gasteiger partial charge in [-0.2, -0.15) is 26.3 Å². The third kappa shape index (κ3) is 4.10. The van der Waals surface area contributed by atoms with Crippen LogP contribution in [0.1, 0.15) is 25.3 Å². The Hall–Kier alpha value is -1.41. The maximum absolute atomic E-state index is 13.8. The molecular weight excluding hydrogens is 484 g/mol. The summed E-state index contributed by atoms with van der Waals surface area (Å²) < 4.78 is 83.6. The van der Waals surface area contributed by atoms with E-state index in [0.717, 1.165) is 5.56 Å². The van der Waals surface area contributed by atoms with Crippen molar-refractivity contribution in [3.05, 3.63) is 68.5 Å². The summed E-state index contributed by atoms with van der Waals surface area (Å²) in [5.74, 6) is -0.996. The van der Waals surface area contributed by atoms with Crippen LogP contribution in [0.3, 0.4) is 0 Å². The Balaban J connectivity index is 2.06. The van der Waals surface area contributed by atoms with E-state index in [1.54, 1.807) is 30.3 Å². The highest BCUT2D eigenvalue weighted by molar-refractivity contribution is 9.11. The summed E-state index contributed by atoms with van der Waals surface area (Å²) in [5.41, 5.74) is -3.50. The van der Waals surface area contributed by atoms with Gasteiger partial charge in [0, 0.05) is 26.8 Å². The highest BCUT2D eigenvalue weighted by Crippen LogP contribution is 2.60. The van der Waals surface area contributed by atoms with Gasteiger partial charge in [0.2, 0.25) is 0 Å². The fourth-order valence-electron chi connectivity index (χ4n) is 3.75. The molecule has 29 heavy (non-hydrogen) atoms. The lowest BCUT2D eigenvalue weighted by atomic mass is 9.72. The van der Waals surface area contributed by atoms with Gasteiger partial charge in [0.25, 0.3) is 0 Å². The molecule has 1 aliphatic heterocycles. The molecule has 0 radical (unpaired) electrons. The van der Waals surface area contributed by atoms with E-state index < -0.39 is 29.3 Å². The molecule has 1 nitrogen and oxygen atoms in total. The third-order valence-electron chi connectivity index (χ3n) is 5.44. The second kappa shape index (κ2) is 7.69. The molecule has 0 saturated carbocycles. The third-order valence-corrected chi connectivity index (χ3v) is 6.24. The van der Waals surface area contributed by atoms with Crippen LogP contribution in [0.15, 0.2) is 57.9 Å². The maximum Gasteiger partial charge on any atom is 0.406 e. The lowest BCUT2D eigenvalue weighted by molar-refractivity contribution is -0.320. The van der Waals surface area contributed by atoms with Gasteiger partial charge in [0.05, 0.1) is 0 Å². The average molecular weight is 501 g/mol. The largest absolute Gasteiger partial charge is 0.406 e. The Morgan fingerprint density at radius 2 is 1.62 bits per heavy atom. The van der Waals surface area contributed by atoms with Crippen molar-refractivity contribution in [3.63, 3.8) is 0 Å².